The van der Waals surface area contributed by atoms with Crippen LogP contribution in [0.1, 0.15) is 62.7 Å². The number of aryl methyl sites for hydroxylation is 1. The number of aromatic amines is 1. The highest BCUT2D eigenvalue weighted by atomic mass is 16.5. The van der Waals surface area contributed by atoms with E-state index in [1.807, 2.05) is 20.8 Å². The van der Waals surface area contributed by atoms with E-state index in [1.165, 1.54) is 13.8 Å². The van der Waals surface area contributed by atoms with Gasteiger partial charge in [-0.1, -0.05) is 20.8 Å². The van der Waals surface area contributed by atoms with Crippen molar-refractivity contribution in [3.05, 3.63) is 45.4 Å². The second-order valence-corrected chi connectivity index (χ2v) is 7.49. The van der Waals surface area contributed by atoms with Gasteiger partial charge in [0.1, 0.15) is 17.1 Å². The molecule has 1 aromatic heterocycles. The number of hydrogen-bond donors (Lipinski definition) is 3. The van der Waals surface area contributed by atoms with Crippen molar-refractivity contribution in [3.63, 3.8) is 0 Å². The lowest BCUT2D eigenvalue weighted by Gasteiger charge is -2.21. The lowest BCUT2D eigenvalue weighted by atomic mass is 10.0. The number of carboxylic acids is 1. The monoisotopic (exact) mass is 415 g/mol. The van der Waals surface area contributed by atoms with Crippen molar-refractivity contribution in [2.75, 3.05) is 6.61 Å². The van der Waals surface area contributed by atoms with Gasteiger partial charge in [0, 0.05) is 11.1 Å². The average Bonchev–Trinajstić information content (AvgIpc) is 2.70. The van der Waals surface area contributed by atoms with Gasteiger partial charge in [-0.3, -0.25) is 9.59 Å². The topological polar surface area (TPSA) is 121 Å². The van der Waals surface area contributed by atoms with E-state index < -0.39 is 17.4 Å². The van der Waals surface area contributed by atoms with E-state index in [2.05, 4.69) is 15.3 Å². The minimum atomic E-state index is -1.43. The molecule has 0 bridgehead atoms. The highest BCUT2D eigenvalue weighted by molar-refractivity contribution is 5.98. The summed E-state index contributed by atoms with van der Waals surface area (Å²) >= 11 is 0. The van der Waals surface area contributed by atoms with Gasteiger partial charge in [0.2, 0.25) is 0 Å². The van der Waals surface area contributed by atoms with Gasteiger partial charge >= 0.3 is 5.97 Å². The van der Waals surface area contributed by atoms with Crippen molar-refractivity contribution in [2.24, 2.45) is 0 Å². The Hall–Kier alpha value is -3.16. The summed E-state index contributed by atoms with van der Waals surface area (Å²) in [5.74, 6) is -0.894. The molecule has 1 aromatic carbocycles. The van der Waals surface area contributed by atoms with E-state index >= 15 is 0 Å². The second-order valence-electron chi connectivity index (χ2n) is 7.49. The van der Waals surface area contributed by atoms with Crippen LogP contribution in [-0.4, -0.2) is 39.1 Å². The summed E-state index contributed by atoms with van der Waals surface area (Å²) in [5.41, 5.74) is 0.387. The molecular formula is C22H29N3O5. The zero-order valence-electron chi connectivity index (χ0n) is 18.1. The number of aromatic nitrogens is 2. The van der Waals surface area contributed by atoms with Crippen LogP contribution in [0.5, 0.6) is 5.75 Å². The summed E-state index contributed by atoms with van der Waals surface area (Å²) in [6.07, 6.45) is 1.95. The summed E-state index contributed by atoms with van der Waals surface area (Å²) in [4.78, 5) is 43.9. The summed E-state index contributed by atoms with van der Waals surface area (Å²) in [6, 6.07) is 4.75. The average molecular weight is 415 g/mol. The molecule has 0 aliphatic heterocycles. The van der Waals surface area contributed by atoms with Gasteiger partial charge in [-0.2, -0.15) is 0 Å². The fourth-order valence-corrected chi connectivity index (χ4v) is 2.93. The fraction of sp³-hybridized carbons (Fsp3) is 0.455. The number of carbonyl (C=O) groups is 2. The quantitative estimate of drug-likeness (QED) is 0.579. The number of ether oxygens (including phenoxy) is 1. The van der Waals surface area contributed by atoms with Crippen LogP contribution in [-0.2, 0) is 17.6 Å². The Labute approximate surface area is 175 Å². The van der Waals surface area contributed by atoms with Crippen LogP contribution in [0.15, 0.2) is 23.0 Å². The van der Waals surface area contributed by atoms with Crippen LogP contribution < -0.4 is 15.6 Å². The third-order valence-corrected chi connectivity index (χ3v) is 4.71. The van der Waals surface area contributed by atoms with E-state index in [4.69, 9.17) is 4.74 Å². The van der Waals surface area contributed by atoms with Crippen LogP contribution in [0.2, 0.25) is 0 Å². The lowest BCUT2D eigenvalue weighted by Crippen LogP contribution is -2.49. The maximum Gasteiger partial charge on any atom is 0.328 e. The molecule has 2 rings (SSSR count). The molecular weight excluding hydrogens is 386 g/mol. The Balaban J connectivity index is 2.58. The van der Waals surface area contributed by atoms with Crippen molar-refractivity contribution in [2.45, 2.75) is 59.4 Å². The number of H-pyrrole nitrogens is 1. The Morgan fingerprint density at radius 2 is 1.90 bits per heavy atom. The van der Waals surface area contributed by atoms with E-state index in [9.17, 15) is 19.5 Å². The first-order valence-corrected chi connectivity index (χ1v) is 10.1. The number of nitrogens with zero attached hydrogens (tertiary/aromatic N) is 1. The van der Waals surface area contributed by atoms with Gasteiger partial charge < -0.3 is 20.1 Å². The smallest absolute Gasteiger partial charge is 0.328 e. The predicted octanol–water partition coefficient (Wildman–Crippen LogP) is 2.94. The van der Waals surface area contributed by atoms with Gasteiger partial charge in [-0.15, -0.1) is 0 Å². The zero-order chi connectivity index (χ0) is 22.5. The highest BCUT2D eigenvalue weighted by Crippen LogP contribution is 2.29. The molecule has 0 aliphatic rings. The summed E-state index contributed by atoms with van der Waals surface area (Å²) in [5, 5.41) is 11.8. The van der Waals surface area contributed by atoms with E-state index in [1.54, 1.807) is 18.2 Å². The van der Waals surface area contributed by atoms with Gasteiger partial charge in [0.15, 0.2) is 0 Å². The molecule has 0 fully saturated rings. The maximum atomic E-state index is 12.7. The van der Waals surface area contributed by atoms with Crippen molar-refractivity contribution < 1.29 is 19.4 Å². The standard InChI is InChI=1S/C22H29N3O5/c1-6-11-30-17-10-9-13(19(26)25-22(4,5)21(28)29)12-15(17)18-23-16(8-3)14(7-2)20(27)24-18/h9-10,12H,6-8,11H2,1-5H3,(H,25,26)(H,28,29)(H,23,24,27). The number of nitrogens with one attached hydrogen (secondary N) is 2. The number of benzene rings is 1. The van der Waals surface area contributed by atoms with Crippen molar-refractivity contribution in [1.82, 2.24) is 15.3 Å². The molecule has 1 heterocycles. The molecule has 0 saturated carbocycles. The van der Waals surface area contributed by atoms with Crippen LogP contribution >= 0.6 is 0 Å². The normalized spacial score (nSPS) is 11.2. The van der Waals surface area contributed by atoms with Crippen molar-refractivity contribution in [3.8, 4) is 17.1 Å². The molecule has 162 valence electrons. The first-order valence-electron chi connectivity index (χ1n) is 10.1. The van der Waals surface area contributed by atoms with Crippen LogP contribution in [0.4, 0.5) is 0 Å². The van der Waals surface area contributed by atoms with Gasteiger partial charge in [-0.25, -0.2) is 9.78 Å². The number of amides is 1. The Morgan fingerprint density at radius 1 is 1.20 bits per heavy atom. The minimum absolute atomic E-state index is 0.220. The molecule has 0 aliphatic carbocycles. The van der Waals surface area contributed by atoms with Gasteiger partial charge in [0.25, 0.3) is 11.5 Å². The molecule has 0 spiro atoms. The number of hydrogen-bond acceptors (Lipinski definition) is 5. The maximum absolute atomic E-state index is 12.7. The minimum Gasteiger partial charge on any atom is -0.493 e. The lowest BCUT2D eigenvalue weighted by molar-refractivity contribution is -0.143. The third kappa shape index (κ3) is 5.06. The first kappa shape index (κ1) is 23.1. The van der Waals surface area contributed by atoms with E-state index in [-0.39, 0.29) is 11.1 Å². The second kappa shape index (κ2) is 9.56. The molecule has 2 aromatic rings. The molecule has 30 heavy (non-hydrogen) atoms. The molecule has 0 radical (unpaired) electrons. The van der Waals surface area contributed by atoms with Gasteiger partial charge in [-0.05, 0) is 51.3 Å². The van der Waals surface area contributed by atoms with Crippen molar-refractivity contribution >= 4 is 11.9 Å². The number of carbonyl (C=O) groups excluding carboxylic acids is 1. The SMILES string of the molecule is CCCOc1ccc(C(=O)NC(C)(C)C(=O)O)cc1-c1nc(CC)c(CC)c(=O)[nH]1. The summed E-state index contributed by atoms with van der Waals surface area (Å²) in [7, 11) is 0. The molecule has 0 saturated heterocycles. The van der Waals surface area contributed by atoms with Crippen molar-refractivity contribution in [1.29, 1.82) is 0 Å². The number of aliphatic carboxylic acids is 1. The molecule has 8 heteroatoms. The molecule has 0 unspecified atom stereocenters. The summed E-state index contributed by atoms with van der Waals surface area (Å²) < 4.78 is 5.80. The van der Waals surface area contributed by atoms with Gasteiger partial charge in [0.05, 0.1) is 17.9 Å². The first-order chi connectivity index (χ1) is 14.1. The predicted molar refractivity (Wildman–Crippen MR) is 114 cm³/mol. The fourth-order valence-electron chi connectivity index (χ4n) is 2.93. The zero-order valence-corrected chi connectivity index (χ0v) is 18.1. The summed E-state index contributed by atoms with van der Waals surface area (Å²) in [6.45, 7) is 9.07. The Bertz CT molecular complexity index is 995. The van der Waals surface area contributed by atoms with E-state index in [0.717, 1.165) is 6.42 Å². The Morgan fingerprint density at radius 3 is 2.47 bits per heavy atom. The molecule has 8 nitrogen and oxygen atoms in total. The Kier molecular flexibility index (Phi) is 7.37. The van der Waals surface area contributed by atoms with E-state index in [0.29, 0.717) is 47.8 Å². The largest absolute Gasteiger partial charge is 0.493 e. The molecule has 1 amide bonds. The molecule has 3 N–H and O–H groups in total. The van der Waals surface area contributed by atoms with Crippen LogP contribution in [0.3, 0.4) is 0 Å². The third-order valence-electron chi connectivity index (χ3n) is 4.71. The number of carboxylic acid groups (broad SMARTS) is 1. The van der Waals surface area contributed by atoms with Crippen LogP contribution in [0, 0.1) is 0 Å². The molecule has 0 atom stereocenters. The van der Waals surface area contributed by atoms with Crippen LogP contribution in [0.25, 0.3) is 11.4 Å². The number of rotatable bonds is 9. The highest BCUT2D eigenvalue weighted by Gasteiger charge is 2.29.